The number of rotatable bonds is 9. The minimum absolute atomic E-state index is 0.0588. The Labute approximate surface area is 159 Å². The van der Waals surface area contributed by atoms with E-state index in [1.54, 1.807) is 6.92 Å². The van der Waals surface area contributed by atoms with Gasteiger partial charge in [0, 0.05) is 11.4 Å². The van der Waals surface area contributed by atoms with Crippen LogP contribution in [0, 0.1) is 0 Å². The van der Waals surface area contributed by atoms with E-state index in [1.807, 2.05) is 0 Å². The molecule has 1 aromatic rings. The van der Waals surface area contributed by atoms with Gasteiger partial charge < -0.3 is 31.5 Å². The van der Waals surface area contributed by atoms with E-state index in [9.17, 15) is 19.5 Å². The predicted molar refractivity (Wildman–Crippen MR) is 98.1 cm³/mol. The zero-order valence-corrected chi connectivity index (χ0v) is 16.2. The molecule has 0 aliphatic rings. The van der Waals surface area contributed by atoms with Gasteiger partial charge in [-0.2, -0.15) is 0 Å². The highest BCUT2D eigenvalue weighted by atomic mass is 32.1. The maximum atomic E-state index is 12.6. The van der Waals surface area contributed by atoms with Gasteiger partial charge in [0.2, 0.25) is 5.60 Å². The summed E-state index contributed by atoms with van der Waals surface area (Å²) in [5.41, 5.74) is 9.37. The molecule has 1 aromatic heterocycles. The second kappa shape index (κ2) is 9.28. The molecule has 0 aromatic carbocycles. The molecule has 27 heavy (non-hydrogen) atoms. The normalized spacial score (nSPS) is 14.2. The van der Waals surface area contributed by atoms with Crippen molar-refractivity contribution in [3.05, 3.63) is 11.1 Å². The van der Waals surface area contributed by atoms with Gasteiger partial charge in [-0.1, -0.05) is 5.16 Å². The Morgan fingerprint density at radius 2 is 2.07 bits per heavy atom. The third-order valence-electron chi connectivity index (χ3n) is 3.19. The summed E-state index contributed by atoms with van der Waals surface area (Å²) in [5, 5.41) is 16.7. The van der Waals surface area contributed by atoms with Crippen molar-refractivity contribution in [2.24, 2.45) is 10.9 Å². The van der Waals surface area contributed by atoms with Gasteiger partial charge in [0.1, 0.15) is 11.7 Å². The van der Waals surface area contributed by atoms with Crippen molar-refractivity contribution in [2.75, 3.05) is 12.3 Å². The third-order valence-corrected chi connectivity index (χ3v) is 3.86. The number of oxime groups is 1. The van der Waals surface area contributed by atoms with Crippen LogP contribution >= 0.6 is 11.3 Å². The molecule has 6 N–H and O–H groups in total. The van der Waals surface area contributed by atoms with Gasteiger partial charge in [-0.15, -0.1) is 11.3 Å². The summed E-state index contributed by atoms with van der Waals surface area (Å²) in [4.78, 5) is 44.8. The van der Waals surface area contributed by atoms with Gasteiger partial charge in [-0.25, -0.2) is 14.6 Å². The van der Waals surface area contributed by atoms with Crippen LogP contribution in [0.3, 0.4) is 0 Å². The van der Waals surface area contributed by atoms with E-state index < -0.39 is 35.5 Å². The number of anilines is 1. The van der Waals surface area contributed by atoms with Crippen molar-refractivity contribution in [2.45, 2.75) is 45.4 Å². The summed E-state index contributed by atoms with van der Waals surface area (Å²) in [6.45, 7) is 6.01. The zero-order chi connectivity index (χ0) is 20.8. The summed E-state index contributed by atoms with van der Waals surface area (Å²) < 4.78 is 4.88. The van der Waals surface area contributed by atoms with Crippen LogP contribution in [0.2, 0.25) is 0 Å². The lowest BCUT2D eigenvalue weighted by Gasteiger charge is -2.21. The van der Waals surface area contributed by atoms with E-state index in [4.69, 9.17) is 21.0 Å². The number of nitrogens with two attached hydrogens (primary N) is 2. The van der Waals surface area contributed by atoms with Crippen LogP contribution in [0.15, 0.2) is 10.5 Å². The van der Waals surface area contributed by atoms with Crippen LogP contribution in [0.25, 0.3) is 0 Å². The maximum Gasteiger partial charge on any atom is 0.352 e. The van der Waals surface area contributed by atoms with E-state index in [0.29, 0.717) is 0 Å². The van der Waals surface area contributed by atoms with Gasteiger partial charge in [0.05, 0.1) is 6.61 Å². The van der Waals surface area contributed by atoms with Crippen molar-refractivity contribution in [3.63, 3.8) is 0 Å². The van der Waals surface area contributed by atoms with Crippen molar-refractivity contribution >= 4 is 40.0 Å². The molecule has 0 saturated carbocycles. The molecular weight excluding hydrogens is 378 g/mol. The number of carbonyl (C=O) groups is 3. The SMILES string of the molecule is CCOC(=O)C(C)(C)O/N=C(\C(=O)N[C@H](C(=O)O)[C@H](C)N)c1csc(N)n1. The van der Waals surface area contributed by atoms with Crippen molar-refractivity contribution in [3.8, 4) is 0 Å². The molecule has 0 fully saturated rings. The van der Waals surface area contributed by atoms with Crippen LogP contribution in [0.1, 0.15) is 33.4 Å². The molecular formula is C15H23N5O6S. The highest BCUT2D eigenvalue weighted by molar-refractivity contribution is 7.13. The number of hydrogen-bond acceptors (Lipinski definition) is 10. The van der Waals surface area contributed by atoms with E-state index in [0.717, 1.165) is 11.3 Å². The highest BCUT2D eigenvalue weighted by Crippen LogP contribution is 2.16. The van der Waals surface area contributed by atoms with E-state index in [-0.39, 0.29) is 23.1 Å². The molecule has 150 valence electrons. The topological polar surface area (TPSA) is 179 Å². The Morgan fingerprint density at radius 3 is 2.52 bits per heavy atom. The number of carboxylic acids is 1. The number of nitrogens with one attached hydrogen (secondary N) is 1. The first-order chi connectivity index (χ1) is 12.5. The van der Waals surface area contributed by atoms with Crippen LogP contribution in [0.5, 0.6) is 0 Å². The zero-order valence-electron chi connectivity index (χ0n) is 15.4. The smallest absolute Gasteiger partial charge is 0.352 e. The van der Waals surface area contributed by atoms with Crippen molar-refractivity contribution in [1.29, 1.82) is 0 Å². The number of hydrogen-bond donors (Lipinski definition) is 4. The largest absolute Gasteiger partial charge is 0.480 e. The lowest BCUT2D eigenvalue weighted by molar-refractivity contribution is -0.167. The second-order valence-electron chi connectivity index (χ2n) is 5.98. The number of ether oxygens (including phenoxy) is 1. The monoisotopic (exact) mass is 401 g/mol. The average molecular weight is 401 g/mol. The highest BCUT2D eigenvalue weighted by Gasteiger charge is 2.34. The second-order valence-corrected chi connectivity index (χ2v) is 6.87. The quantitative estimate of drug-likeness (QED) is 0.245. The maximum absolute atomic E-state index is 12.6. The first-order valence-electron chi connectivity index (χ1n) is 7.93. The Balaban J connectivity index is 3.16. The number of carboxylic acid groups (broad SMARTS) is 1. The van der Waals surface area contributed by atoms with Gasteiger partial charge in [-0.3, -0.25) is 4.79 Å². The van der Waals surface area contributed by atoms with Gasteiger partial charge in [0.25, 0.3) is 5.91 Å². The average Bonchev–Trinajstić information content (AvgIpc) is 2.98. The summed E-state index contributed by atoms with van der Waals surface area (Å²) in [6, 6.07) is -2.23. The minimum Gasteiger partial charge on any atom is -0.480 e. The van der Waals surface area contributed by atoms with E-state index >= 15 is 0 Å². The molecule has 0 aliphatic carbocycles. The molecule has 1 rings (SSSR count). The Kier molecular flexibility index (Phi) is 7.67. The number of thiazole rings is 1. The first-order valence-corrected chi connectivity index (χ1v) is 8.81. The van der Waals surface area contributed by atoms with Crippen molar-refractivity contribution in [1.82, 2.24) is 10.3 Å². The fraction of sp³-hybridized carbons (Fsp3) is 0.533. The number of nitrogens with zero attached hydrogens (tertiary/aromatic N) is 2. The fourth-order valence-corrected chi connectivity index (χ4v) is 2.28. The Bertz CT molecular complexity index is 730. The first kappa shape index (κ1) is 22.3. The number of aromatic nitrogens is 1. The molecule has 11 nitrogen and oxygen atoms in total. The fourth-order valence-electron chi connectivity index (χ4n) is 1.73. The number of nitrogen functional groups attached to an aromatic ring is 1. The Hall–Kier alpha value is -2.73. The van der Waals surface area contributed by atoms with E-state index in [2.05, 4.69) is 15.5 Å². The molecule has 12 heteroatoms. The van der Waals surface area contributed by atoms with Crippen LogP contribution < -0.4 is 16.8 Å². The molecule has 1 amide bonds. The standard InChI is InChI=1S/C15H23N5O6S/c1-5-25-13(24)15(3,4)26-20-10(8-6-27-14(17)18-8)11(21)19-9(7(2)16)12(22)23/h6-7,9H,5,16H2,1-4H3,(H2,17,18)(H,19,21)(H,22,23)/b20-10-/t7-,9-/m0/s1. The summed E-state index contributed by atoms with van der Waals surface area (Å²) in [6.07, 6.45) is 0. The van der Waals surface area contributed by atoms with Gasteiger partial charge >= 0.3 is 11.9 Å². The summed E-state index contributed by atoms with van der Waals surface area (Å²) in [7, 11) is 0. The number of esters is 1. The van der Waals surface area contributed by atoms with Crippen LogP contribution in [0.4, 0.5) is 5.13 Å². The molecule has 0 bridgehead atoms. The predicted octanol–water partition coefficient (Wildman–Crippen LogP) is -0.296. The summed E-state index contributed by atoms with van der Waals surface area (Å²) >= 11 is 1.05. The lowest BCUT2D eigenvalue weighted by atomic mass is 10.1. The molecule has 0 spiro atoms. The van der Waals surface area contributed by atoms with Gasteiger partial charge in [-0.05, 0) is 27.7 Å². The number of carbonyl (C=O) groups excluding carboxylic acids is 2. The lowest BCUT2D eigenvalue weighted by Crippen LogP contribution is -2.53. The molecule has 0 saturated heterocycles. The van der Waals surface area contributed by atoms with Crippen molar-refractivity contribution < 1.29 is 29.1 Å². The Morgan fingerprint density at radius 1 is 1.44 bits per heavy atom. The van der Waals surface area contributed by atoms with Crippen LogP contribution in [-0.2, 0) is 24.0 Å². The minimum atomic E-state index is -1.49. The van der Waals surface area contributed by atoms with Gasteiger partial charge in [0.15, 0.2) is 10.8 Å². The number of amides is 1. The molecule has 0 radical (unpaired) electrons. The van der Waals surface area contributed by atoms with Crippen LogP contribution in [-0.4, -0.2) is 57.9 Å². The molecule has 0 aliphatic heterocycles. The van der Waals surface area contributed by atoms with E-state index in [1.165, 1.54) is 26.2 Å². The molecule has 0 unspecified atom stereocenters. The number of aliphatic carboxylic acids is 1. The molecule has 1 heterocycles. The summed E-state index contributed by atoms with van der Waals surface area (Å²) in [5.74, 6) is -2.90. The third kappa shape index (κ3) is 6.18. The molecule has 2 atom stereocenters.